The van der Waals surface area contributed by atoms with Crippen LogP contribution in [0.25, 0.3) is 0 Å². The van der Waals surface area contributed by atoms with E-state index in [1.54, 1.807) is 0 Å². The van der Waals surface area contributed by atoms with Crippen LogP contribution in [0.4, 0.5) is 5.69 Å². The van der Waals surface area contributed by atoms with Gasteiger partial charge in [0.2, 0.25) is 0 Å². The highest BCUT2D eigenvalue weighted by atomic mass is 16.3. The van der Waals surface area contributed by atoms with Crippen LogP contribution < -0.4 is 5.32 Å². The van der Waals surface area contributed by atoms with E-state index in [2.05, 4.69) is 5.32 Å². The van der Waals surface area contributed by atoms with Crippen LogP contribution in [0.1, 0.15) is 11.7 Å². The lowest BCUT2D eigenvalue weighted by atomic mass is 10.1. The van der Waals surface area contributed by atoms with E-state index < -0.39 is 0 Å². The van der Waals surface area contributed by atoms with Gasteiger partial charge in [-0.05, 0) is 6.07 Å². The zero-order chi connectivity index (χ0) is 6.97. The van der Waals surface area contributed by atoms with Gasteiger partial charge in [0, 0.05) is 17.8 Å². The summed E-state index contributed by atoms with van der Waals surface area (Å²) in [6.07, 6.45) is -0.309. The first kappa shape index (κ1) is 5.74. The summed E-state index contributed by atoms with van der Waals surface area (Å²) in [5.41, 5.74) is 2.08. The predicted molar refractivity (Wildman–Crippen MR) is 39.9 cm³/mol. The number of anilines is 1. The van der Waals surface area contributed by atoms with Crippen molar-refractivity contribution in [1.29, 1.82) is 0 Å². The van der Waals surface area contributed by atoms with Crippen LogP contribution in [0, 0.1) is 0 Å². The zero-order valence-electron chi connectivity index (χ0n) is 5.54. The lowest BCUT2D eigenvalue weighted by Crippen LogP contribution is -1.98. The molecule has 1 aromatic carbocycles. The molecule has 1 aliphatic heterocycles. The number of hydrogen-bond donors (Lipinski definition) is 2. The van der Waals surface area contributed by atoms with Crippen LogP contribution in [0.5, 0.6) is 0 Å². The summed E-state index contributed by atoms with van der Waals surface area (Å²) in [7, 11) is 0. The van der Waals surface area contributed by atoms with E-state index in [4.69, 9.17) is 0 Å². The maximum Gasteiger partial charge on any atom is 0.0982 e. The van der Waals surface area contributed by atoms with E-state index in [9.17, 15) is 5.11 Å². The van der Waals surface area contributed by atoms with Crippen molar-refractivity contribution < 1.29 is 5.11 Å². The van der Waals surface area contributed by atoms with Crippen LogP contribution in [0.3, 0.4) is 0 Å². The van der Waals surface area contributed by atoms with Crippen LogP contribution in [0.2, 0.25) is 0 Å². The van der Waals surface area contributed by atoms with Gasteiger partial charge in [-0.25, -0.2) is 0 Å². The number of benzene rings is 1. The Labute approximate surface area is 59.5 Å². The van der Waals surface area contributed by atoms with Gasteiger partial charge in [-0.1, -0.05) is 18.2 Å². The van der Waals surface area contributed by atoms with Crippen LogP contribution in [-0.4, -0.2) is 11.7 Å². The molecule has 52 valence electrons. The summed E-state index contributed by atoms with van der Waals surface area (Å²) in [5, 5.41) is 12.4. The van der Waals surface area contributed by atoms with Gasteiger partial charge in [0.05, 0.1) is 6.10 Å². The summed E-state index contributed by atoms with van der Waals surface area (Å²) in [5.74, 6) is 0. The van der Waals surface area contributed by atoms with Crippen LogP contribution in [-0.2, 0) is 0 Å². The first-order valence-corrected chi connectivity index (χ1v) is 3.39. The Hall–Kier alpha value is -1.02. The fraction of sp³-hybridized carbons (Fsp3) is 0.250. The molecule has 2 rings (SSSR count). The van der Waals surface area contributed by atoms with Crippen molar-refractivity contribution in [2.75, 3.05) is 11.9 Å². The van der Waals surface area contributed by atoms with Crippen LogP contribution >= 0.6 is 0 Å². The summed E-state index contributed by atoms with van der Waals surface area (Å²) in [6, 6.07) is 7.82. The van der Waals surface area contributed by atoms with Crippen molar-refractivity contribution in [1.82, 2.24) is 0 Å². The first-order chi connectivity index (χ1) is 4.88. The van der Waals surface area contributed by atoms with Gasteiger partial charge >= 0.3 is 0 Å². The molecule has 2 heteroatoms. The molecule has 0 aromatic heterocycles. The quantitative estimate of drug-likeness (QED) is 0.559. The van der Waals surface area contributed by atoms with E-state index in [0.717, 1.165) is 11.3 Å². The van der Waals surface area contributed by atoms with Gasteiger partial charge in [-0.15, -0.1) is 0 Å². The molecule has 1 aromatic rings. The molecule has 0 radical (unpaired) electrons. The van der Waals surface area contributed by atoms with E-state index in [1.807, 2.05) is 24.3 Å². The number of para-hydroxylation sites is 1. The highest BCUT2D eigenvalue weighted by Gasteiger charge is 2.17. The molecule has 0 amide bonds. The summed E-state index contributed by atoms with van der Waals surface area (Å²) in [6.45, 7) is 0.652. The van der Waals surface area contributed by atoms with Gasteiger partial charge in [0.1, 0.15) is 0 Å². The molecule has 1 aliphatic rings. The molecule has 1 atom stereocenters. The van der Waals surface area contributed by atoms with Crippen molar-refractivity contribution in [2.24, 2.45) is 0 Å². The number of aliphatic hydroxyl groups excluding tert-OH is 1. The van der Waals surface area contributed by atoms with Crippen molar-refractivity contribution in [3.63, 3.8) is 0 Å². The summed E-state index contributed by atoms with van der Waals surface area (Å²) >= 11 is 0. The van der Waals surface area contributed by atoms with E-state index in [0.29, 0.717) is 6.54 Å². The Morgan fingerprint density at radius 3 is 3.00 bits per heavy atom. The molecular weight excluding hydrogens is 126 g/mol. The predicted octanol–water partition coefficient (Wildman–Crippen LogP) is 1.15. The molecule has 0 fully saturated rings. The number of nitrogens with one attached hydrogen (secondary N) is 1. The lowest BCUT2D eigenvalue weighted by Gasteiger charge is -1.98. The average Bonchev–Trinajstić information content (AvgIpc) is 2.34. The first-order valence-electron chi connectivity index (χ1n) is 3.39. The van der Waals surface area contributed by atoms with Crippen molar-refractivity contribution in [2.45, 2.75) is 6.10 Å². The van der Waals surface area contributed by atoms with Crippen molar-refractivity contribution in [3.8, 4) is 0 Å². The third-order valence-electron chi connectivity index (χ3n) is 1.81. The second-order valence-electron chi connectivity index (χ2n) is 2.48. The maximum atomic E-state index is 9.32. The SMILES string of the molecule is OC1CNc2ccccc21. The normalized spacial score (nSPS) is 21.9. The standard InChI is InChI=1S/C8H9NO/c10-8-5-9-7-4-2-1-3-6(7)8/h1-4,8-10H,5H2. The topological polar surface area (TPSA) is 32.3 Å². The number of fused-ring (bicyclic) bond motifs is 1. The molecule has 0 saturated heterocycles. The maximum absolute atomic E-state index is 9.32. The number of β-amino-alcohol motifs (C(OH)–C–C–N with tert-alkyl or cyclic N) is 1. The molecule has 0 saturated carbocycles. The molecule has 0 spiro atoms. The van der Waals surface area contributed by atoms with Crippen molar-refractivity contribution in [3.05, 3.63) is 29.8 Å². The van der Waals surface area contributed by atoms with Crippen molar-refractivity contribution >= 4 is 5.69 Å². The molecule has 1 unspecified atom stereocenters. The Morgan fingerprint density at radius 1 is 1.40 bits per heavy atom. The average molecular weight is 135 g/mol. The zero-order valence-corrected chi connectivity index (χ0v) is 5.54. The minimum Gasteiger partial charge on any atom is -0.386 e. The third-order valence-corrected chi connectivity index (χ3v) is 1.81. The van der Waals surface area contributed by atoms with E-state index in [-0.39, 0.29) is 6.10 Å². The summed E-state index contributed by atoms with van der Waals surface area (Å²) < 4.78 is 0. The molecule has 2 N–H and O–H groups in total. The smallest absolute Gasteiger partial charge is 0.0982 e. The second kappa shape index (κ2) is 1.99. The molecule has 0 bridgehead atoms. The minimum absolute atomic E-state index is 0.309. The number of hydrogen-bond acceptors (Lipinski definition) is 2. The monoisotopic (exact) mass is 135 g/mol. The largest absolute Gasteiger partial charge is 0.386 e. The fourth-order valence-electron chi connectivity index (χ4n) is 1.27. The Morgan fingerprint density at radius 2 is 2.20 bits per heavy atom. The Bertz CT molecular complexity index is 247. The van der Waals surface area contributed by atoms with E-state index >= 15 is 0 Å². The van der Waals surface area contributed by atoms with Gasteiger partial charge in [0.15, 0.2) is 0 Å². The Balaban J connectivity index is 2.51. The van der Waals surface area contributed by atoms with E-state index in [1.165, 1.54) is 0 Å². The molecule has 0 aliphatic carbocycles. The Kier molecular flexibility index (Phi) is 1.14. The summed E-state index contributed by atoms with van der Waals surface area (Å²) in [4.78, 5) is 0. The number of aliphatic hydroxyl groups is 1. The van der Waals surface area contributed by atoms with Crippen LogP contribution in [0.15, 0.2) is 24.3 Å². The highest BCUT2D eigenvalue weighted by molar-refractivity contribution is 5.56. The van der Waals surface area contributed by atoms with Gasteiger partial charge in [-0.2, -0.15) is 0 Å². The van der Waals surface area contributed by atoms with Gasteiger partial charge in [0.25, 0.3) is 0 Å². The fourth-order valence-corrected chi connectivity index (χ4v) is 1.27. The highest BCUT2D eigenvalue weighted by Crippen LogP contribution is 2.28. The molecule has 1 heterocycles. The molecular formula is C8H9NO. The van der Waals surface area contributed by atoms with Gasteiger partial charge in [-0.3, -0.25) is 0 Å². The molecule has 10 heavy (non-hydrogen) atoms. The lowest BCUT2D eigenvalue weighted by molar-refractivity contribution is 0.199. The minimum atomic E-state index is -0.309. The third kappa shape index (κ3) is 0.693. The number of rotatable bonds is 0. The molecule has 2 nitrogen and oxygen atoms in total. The second-order valence-corrected chi connectivity index (χ2v) is 2.48. The van der Waals surface area contributed by atoms with Gasteiger partial charge < -0.3 is 10.4 Å².